The number of oxazole rings is 1. The molecule has 1 aromatic carbocycles. The van der Waals surface area contributed by atoms with Crippen molar-refractivity contribution in [1.82, 2.24) is 14.5 Å². The van der Waals surface area contributed by atoms with Gasteiger partial charge >= 0.3 is 5.76 Å². The van der Waals surface area contributed by atoms with E-state index < -0.39 is 15.8 Å². The van der Waals surface area contributed by atoms with Gasteiger partial charge in [-0.15, -0.1) is 0 Å². The largest absolute Gasteiger partial charge is 0.419 e. The van der Waals surface area contributed by atoms with Crippen molar-refractivity contribution >= 4 is 32.8 Å². The molecule has 154 valence electrons. The van der Waals surface area contributed by atoms with Crippen LogP contribution in [0.3, 0.4) is 0 Å². The van der Waals surface area contributed by atoms with Gasteiger partial charge < -0.3 is 14.1 Å². The second-order valence-corrected chi connectivity index (χ2v) is 8.51. The van der Waals surface area contributed by atoms with Crippen molar-refractivity contribution in [2.45, 2.75) is 18.7 Å². The topological polar surface area (TPSA) is 120 Å². The number of aromatic nitrogens is 3. The summed E-state index contributed by atoms with van der Waals surface area (Å²) in [5, 5.41) is 0. The number of hydrogen-bond acceptors (Lipinski definition) is 8. The van der Waals surface area contributed by atoms with Gasteiger partial charge in [0.1, 0.15) is 0 Å². The van der Waals surface area contributed by atoms with E-state index in [1.165, 1.54) is 29.8 Å². The highest BCUT2D eigenvalue weighted by molar-refractivity contribution is 7.92. The van der Waals surface area contributed by atoms with Crippen molar-refractivity contribution in [3.63, 3.8) is 0 Å². The second kappa shape index (κ2) is 7.16. The molecule has 1 N–H and O–H groups in total. The summed E-state index contributed by atoms with van der Waals surface area (Å²) < 4.78 is 40.1. The van der Waals surface area contributed by atoms with E-state index in [2.05, 4.69) is 14.7 Å². The Balaban J connectivity index is 1.67. The van der Waals surface area contributed by atoms with Gasteiger partial charge in [-0.25, -0.2) is 23.2 Å². The molecule has 10 nitrogen and oxygen atoms in total. The van der Waals surface area contributed by atoms with Crippen molar-refractivity contribution in [2.75, 3.05) is 35.9 Å². The van der Waals surface area contributed by atoms with E-state index in [0.717, 1.165) is 0 Å². The lowest BCUT2D eigenvalue weighted by atomic mass is 10.3. The Morgan fingerprint density at radius 3 is 2.41 bits per heavy atom. The molecule has 0 spiro atoms. The lowest BCUT2D eigenvalue weighted by Gasteiger charge is -2.27. The number of fused-ring (bicyclic) bond motifs is 1. The number of anilines is 2. The van der Waals surface area contributed by atoms with Gasteiger partial charge in [-0.3, -0.25) is 9.29 Å². The molecule has 0 bridgehead atoms. The molecule has 4 rings (SSSR count). The van der Waals surface area contributed by atoms with Gasteiger partial charge in [0.25, 0.3) is 10.0 Å². The average Bonchev–Trinajstić information content (AvgIpc) is 2.99. The summed E-state index contributed by atoms with van der Waals surface area (Å²) in [4.78, 5) is 22.6. The molecule has 3 heterocycles. The Hall–Kier alpha value is -2.92. The lowest BCUT2D eigenvalue weighted by molar-refractivity contribution is 0.122. The second-order valence-electron chi connectivity index (χ2n) is 6.83. The first-order valence-corrected chi connectivity index (χ1v) is 10.5. The summed E-state index contributed by atoms with van der Waals surface area (Å²) in [7, 11) is -2.40. The zero-order chi connectivity index (χ0) is 20.8. The first-order valence-electron chi connectivity index (χ1n) is 9.06. The number of nitrogens with one attached hydrogen (secondary N) is 1. The van der Waals surface area contributed by atoms with Crippen LogP contribution in [0.15, 0.2) is 32.3 Å². The van der Waals surface area contributed by atoms with Crippen molar-refractivity contribution in [2.24, 2.45) is 7.05 Å². The maximum absolute atomic E-state index is 12.9. The molecule has 0 aliphatic carbocycles. The van der Waals surface area contributed by atoms with E-state index in [0.29, 0.717) is 60.4 Å². The summed E-state index contributed by atoms with van der Waals surface area (Å²) >= 11 is 0. The van der Waals surface area contributed by atoms with E-state index in [-0.39, 0.29) is 4.90 Å². The Morgan fingerprint density at radius 2 is 1.76 bits per heavy atom. The van der Waals surface area contributed by atoms with Crippen molar-refractivity contribution in [1.29, 1.82) is 0 Å². The van der Waals surface area contributed by atoms with Crippen molar-refractivity contribution < 1.29 is 17.6 Å². The van der Waals surface area contributed by atoms with E-state index >= 15 is 0 Å². The SMILES string of the molecule is Cc1nc(N2CCOCC2)nc(C)c1NS(=O)(=O)c1ccc2oc(=O)n(C)c2c1. The van der Waals surface area contributed by atoms with Crippen LogP contribution in [-0.4, -0.2) is 49.3 Å². The van der Waals surface area contributed by atoms with E-state index in [4.69, 9.17) is 9.15 Å². The molecule has 0 unspecified atom stereocenters. The Labute approximate surface area is 167 Å². The standard InChI is InChI=1S/C18H21N5O5S/c1-11-16(12(2)20-17(19-11)23-6-8-27-9-7-23)21-29(25,26)13-4-5-15-14(10-13)22(3)18(24)28-15/h4-5,10,21H,6-9H2,1-3H3. The quantitative estimate of drug-likeness (QED) is 0.669. The number of aryl methyl sites for hydroxylation is 3. The molecule has 1 aliphatic heterocycles. The summed E-state index contributed by atoms with van der Waals surface area (Å²) in [5.74, 6) is 0.00219. The number of rotatable bonds is 4. The van der Waals surface area contributed by atoms with Crippen LogP contribution < -0.4 is 15.4 Å². The fourth-order valence-corrected chi connectivity index (χ4v) is 4.41. The van der Waals surface area contributed by atoms with Crippen LogP contribution in [0.25, 0.3) is 11.1 Å². The fraction of sp³-hybridized carbons (Fsp3) is 0.389. The van der Waals surface area contributed by atoms with Gasteiger partial charge in [0.05, 0.1) is 40.7 Å². The van der Waals surface area contributed by atoms with Crippen LogP contribution in [0.4, 0.5) is 11.6 Å². The van der Waals surface area contributed by atoms with Crippen LogP contribution in [0.1, 0.15) is 11.4 Å². The van der Waals surface area contributed by atoms with E-state index in [1.807, 2.05) is 4.90 Å². The Morgan fingerprint density at radius 1 is 1.10 bits per heavy atom. The monoisotopic (exact) mass is 419 g/mol. The van der Waals surface area contributed by atoms with Gasteiger partial charge in [-0.1, -0.05) is 0 Å². The molecule has 2 aromatic heterocycles. The summed E-state index contributed by atoms with van der Waals surface area (Å²) in [5.41, 5.74) is 2.11. The van der Waals surface area contributed by atoms with Gasteiger partial charge in [0.15, 0.2) is 5.58 Å². The van der Waals surface area contributed by atoms with Crippen LogP contribution in [-0.2, 0) is 21.8 Å². The predicted molar refractivity (Wildman–Crippen MR) is 107 cm³/mol. The molecule has 1 aliphatic rings. The van der Waals surface area contributed by atoms with Crippen molar-refractivity contribution in [3.05, 3.63) is 40.1 Å². The van der Waals surface area contributed by atoms with Gasteiger partial charge in [0, 0.05) is 20.1 Å². The van der Waals surface area contributed by atoms with Crippen LogP contribution in [0, 0.1) is 13.8 Å². The summed E-state index contributed by atoms with van der Waals surface area (Å²) in [6.07, 6.45) is 0. The van der Waals surface area contributed by atoms with Crippen LogP contribution in [0.2, 0.25) is 0 Å². The third-order valence-corrected chi connectivity index (χ3v) is 6.21. The number of sulfonamides is 1. The first-order chi connectivity index (χ1) is 13.8. The maximum atomic E-state index is 12.9. The van der Waals surface area contributed by atoms with Gasteiger partial charge in [0.2, 0.25) is 5.95 Å². The van der Waals surface area contributed by atoms with Crippen LogP contribution in [0.5, 0.6) is 0 Å². The number of morpholine rings is 1. The molecule has 1 fully saturated rings. The average molecular weight is 419 g/mol. The molecule has 1 saturated heterocycles. The van der Waals surface area contributed by atoms with Gasteiger partial charge in [-0.05, 0) is 32.0 Å². The normalized spacial score (nSPS) is 15.1. The summed E-state index contributed by atoms with van der Waals surface area (Å²) in [6, 6.07) is 4.25. The highest BCUT2D eigenvalue weighted by Gasteiger charge is 2.22. The minimum Gasteiger partial charge on any atom is -0.408 e. The summed E-state index contributed by atoms with van der Waals surface area (Å²) in [6.45, 7) is 6.06. The number of hydrogen-bond donors (Lipinski definition) is 1. The van der Waals surface area contributed by atoms with E-state index in [9.17, 15) is 13.2 Å². The third kappa shape index (κ3) is 3.58. The molecular formula is C18H21N5O5S. The molecule has 0 amide bonds. The molecule has 0 saturated carbocycles. The zero-order valence-corrected chi connectivity index (χ0v) is 17.1. The number of nitrogens with zero attached hydrogens (tertiary/aromatic N) is 4. The lowest BCUT2D eigenvalue weighted by Crippen LogP contribution is -2.37. The molecule has 0 radical (unpaired) electrons. The predicted octanol–water partition coefficient (Wildman–Crippen LogP) is 1.18. The third-order valence-electron chi connectivity index (χ3n) is 4.86. The maximum Gasteiger partial charge on any atom is 0.419 e. The Bertz CT molecular complexity index is 1220. The van der Waals surface area contributed by atoms with E-state index in [1.54, 1.807) is 13.8 Å². The molecule has 0 atom stereocenters. The highest BCUT2D eigenvalue weighted by Crippen LogP contribution is 2.25. The highest BCUT2D eigenvalue weighted by atomic mass is 32.2. The number of benzene rings is 1. The van der Waals surface area contributed by atoms with Crippen LogP contribution >= 0.6 is 0 Å². The zero-order valence-electron chi connectivity index (χ0n) is 16.3. The minimum absolute atomic E-state index is 0.0115. The first kappa shape index (κ1) is 19.4. The van der Waals surface area contributed by atoms with Crippen molar-refractivity contribution in [3.8, 4) is 0 Å². The molecule has 3 aromatic rings. The molecule has 29 heavy (non-hydrogen) atoms. The van der Waals surface area contributed by atoms with Gasteiger partial charge in [-0.2, -0.15) is 0 Å². The fourth-order valence-electron chi connectivity index (χ4n) is 3.22. The Kier molecular flexibility index (Phi) is 4.79. The minimum atomic E-state index is -3.92. The number of ether oxygens (including phenoxy) is 1. The molecule has 11 heteroatoms. The smallest absolute Gasteiger partial charge is 0.408 e. The molecular weight excluding hydrogens is 398 g/mol.